The molecule has 1 saturated heterocycles. The maximum atomic E-state index is 11.6. The van der Waals surface area contributed by atoms with Gasteiger partial charge >= 0.3 is 5.97 Å². The van der Waals surface area contributed by atoms with E-state index in [0.717, 1.165) is 37.4 Å². The van der Waals surface area contributed by atoms with Gasteiger partial charge in [-0.25, -0.2) is 14.8 Å². The Kier molecular flexibility index (Phi) is 4.54. The number of methoxy groups -OCH3 is 1. The summed E-state index contributed by atoms with van der Waals surface area (Å²) in [5, 5.41) is 0. The van der Waals surface area contributed by atoms with E-state index in [2.05, 4.69) is 21.8 Å². The molecule has 0 bridgehead atoms. The van der Waals surface area contributed by atoms with E-state index in [9.17, 15) is 4.79 Å². The van der Waals surface area contributed by atoms with Gasteiger partial charge in [0.15, 0.2) is 0 Å². The largest absolute Gasteiger partial charge is 0.463 e. The molecular formula is C14H22N4O2. The molecule has 20 heavy (non-hydrogen) atoms. The maximum absolute atomic E-state index is 11.6. The second kappa shape index (κ2) is 6.17. The molecule has 1 aromatic rings. The minimum Gasteiger partial charge on any atom is -0.463 e. The highest BCUT2D eigenvalue weighted by Crippen LogP contribution is 2.23. The second-order valence-corrected chi connectivity index (χ2v) is 5.25. The molecular weight excluding hydrogens is 256 g/mol. The van der Waals surface area contributed by atoms with Gasteiger partial charge in [0.25, 0.3) is 0 Å². The zero-order valence-corrected chi connectivity index (χ0v) is 12.3. The molecule has 0 radical (unpaired) electrons. The molecule has 0 amide bonds. The molecule has 2 N–H and O–H groups in total. The van der Waals surface area contributed by atoms with Crippen LogP contribution < -0.4 is 10.6 Å². The first-order valence-corrected chi connectivity index (χ1v) is 6.99. The van der Waals surface area contributed by atoms with Crippen molar-refractivity contribution in [3.63, 3.8) is 0 Å². The summed E-state index contributed by atoms with van der Waals surface area (Å²) in [5.41, 5.74) is 6.89. The van der Waals surface area contributed by atoms with Crippen molar-refractivity contribution in [2.75, 3.05) is 25.1 Å². The van der Waals surface area contributed by atoms with Crippen molar-refractivity contribution >= 4 is 11.8 Å². The molecule has 1 aliphatic rings. The van der Waals surface area contributed by atoms with E-state index in [1.54, 1.807) is 0 Å². The zero-order valence-electron chi connectivity index (χ0n) is 12.3. The first-order chi connectivity index (χ1) is 9.55. The molecule has 2 heterocycles. The summed E-state index contributed by atoms with van der Waals surface area (Å²) in [5.74, 6) is 0.852. The SMILES string of the molecule is CCC1CN(c2cc(C)nc(C(=O)OC)n2)CCC1N. The lowest BCUT2D eigenvalue weighted by atomic mass is 9.91. The molecule has 0 spiro atoms. The standard InChI is InChI=1S/C14H22N4O2/c1-4-10-8-18(6-5-11(10)15)12-7-9(2)16-13(17-12)14(19)20-3/h7,10-11H,4-6,8,15H2,1-3H3. The maximum Gasteiger partial charge on any atom is 0.376 e. The molecule has 1 aromatic heterocycles. The number of rotatable bonds is 3. The molecule has 6 nitrogen and oxygen atoms in total. The predicted octanol–water partition coefficient (Wildman–Crippen LogP) is 1.14. The number of hydrogen-bond donors (Lipinski definition) is 1. The molecule has 6 heteroatoms. The minimum atomic E-state index is -0.504. The lowest BCUT2D eigenvalue weighted by Crippen LogP contribution is -2.47. The summed E-state index contributed by atoms with van der Waals surface area (Å²) in [4.78, 5) is 22.2. The number of aromatic nitrogens is 2. The third-order valence-corrected chi connectivity index (χ3v) is 3.85. The Morgan fingerprint density at radius 2 is 2.30 bits per heavy atom. The summed E-state index contributed by atoms with van der Waals surface area (Å²) < 4.78 is 4.69. The number of aryl methyl sites for hydroxylation is 1. The molecule has 0 aliphatic carbocycles. The van der Waals surface area contributed by atoms with Crippen LogP contribution in [0.25, 0.3) is 0 Å². The molecule has 1 aliphatic heterocycles. The minimum absolute atomic E-state index is 0.116. The van der Waals surface area contributed by atoms with Crippen molar-refractivity contribution in [2.45, 2.75) is 32.7 Å². The monoisotopic (exact) mass is 278 g/mol. The van der Waals surface area contributed by atoms with Crippen LogP contribution in [0.4, 0.5) is 5.82 Å². The number of carbonyl (C=O) groups excluding carboxylic acids is 1. The number of ether oxygens (including phenoxy) is 1. The average Bonchev–Trinajstić information content (AvgIpc) is 2.46. The van der Waals surface area contributed by atoms with Gasteiger partial charge in [-0.05, 0) is 19.3 Å². The van der Waals surface area contributed by atoms with E-state index < -0.39 is 5.97 Å². The summed E-state index contributed by atoms with van der Waals surface area (Å²) in [7, 11) is 1.33. The fourth-order valence-electron chi connectivity index (χ4n) is 2.59. The van der Waals surface area contributed by atoms with Crippen molar-refractivity contribution in [3.05, 3.63) is 17.6 Å². The lowest BCUT2D eigenvalue weighted by Gasteiger charge is -2.37. The summed E-state index contributed by atoms with van der Waals surface area (Å²) in [6.07, 6.45) is 1.99. The quantitative estimate of drug-likeness (QED) is 0.835. The highest BCUT2D eigenvalue weighted by molar-refractivity contribution is 5.85. The first kappa shape index (κ1) is 14.7. The number of carbonyl (C=O) groups is 1. The van der Waals surface area contributed by atoms with E-state index in [0.29, 0.717) is 5.92 Å². The lowest BCUT2D eigenvalue weighted by molar-refractivity contribution is 0.0586. The van der Waals surface area contributed by atoms with Crippen molar-refractivity contribution in [1.82, 2.24) is 9.97 Å². The molecule has 110 valence electrons. The summed E-state index contributed by atoms with van der Waals surface area (Å²) in [6.45, 7) is 5.73. The number of piperidine rings is 1. The molecule has 2 rings (SSSR count). The van der Waals surface area contributed by atoms with Gasteiger partial charge < -0.3 is 15.4 Å². The highest BCUT2D eigenvalue weighted by atomic mass is 16.5. The fraction of sp³-hybridized carbons (Fsp3) is 0.643. The molecule has 0 saturated carbocycles. The van der Waals surface area contributed by atoms with Crippen LogP contribution in [0.5, 0.6) is 0 Å². The smallest absolute Gasteiger partial charge is 0.376 e. The van der Waals surface area contributed by atoms with E-state index in [-0.39, 0.29) is 11.9 Å². The van der Waals surface area contributed by atoms with E-state index in [1.165, 1.54) is 7.11 Å². The van der Waals surface area contributed by atoms with E-state index in [4.69, 9.17) is 10.5 Å². The van der Waals surface area contributed by atoms with Gasteiger partial charge in [-0.3, -0.25) is 0 Å². The zero-order chi connectivity index (χ0) is 14.7. The van der Waals surface area contributed by atoms with Gasteiger partial charge in [0, 0.05) is 30.9 Å². The van der Waals surface area contributed by atoms with E-state index in [1.807, 2.05) is 13.0 Å². The Hall–Kier alpha value is -1.69. The molecule has 2 atom stereocenters. The number of nitrogens with zero attached hydrogens (tertiary/aromatic N) is 3. The summed E-state index contributed by atoms with van der Waals surface area (Å²) >= 11 is 0. The van der Waals surface area contributed by atoms with Crippen LogP contribution in [0.2, 0.25) is 0 Å². The second-order valence-electron chi connectivity index (χ2n) is 5.25. The number of nitrogens with two attached hydrogens (primary N) is 1. The molecule has 2 unspecified atom stereocenters. The Labute approximate surface area is 119 Å². The average molecular weight is 278 g/mol. The van der Waals surface area contributed by atoms with Gasteiger partial charge in [0.05, 0.1) is 7.11 Å². The van der Waals surface area contributed by atoms with E-state index >= 15 is 0 Å². The topological polar surface area (TPSA) is 81.3 Å². The molecule has 0 aromatic carbocycles. The van der Waals surface area contributed by atoms with Gasteiger partial charge in [-0.15, -0.1) is 0 Å². The Balaban J connectivity index is 2.24. The van der Waals surface area contributed by atoms with Crippen LogP contribution in [0.15, 0.2) is 6.07 Å². The van der Waals surface area contributed by atoms with Crippen molar-refractivity contribution in [3.8, 4) is 0 Å². The van der Waals surface area contributed by atoms with Crippen LogP contribution >= 0.6 is 0 Å². The Bertz CT molecular complexity index is 492. The first-order valence-electron chi connectivity index (χ1n) is 6.99. The number of hydrogen-bond acceptors (Lipinski definition) is 6. The predicted molar refractivity (Wildman–Crippen MR) is 76.7 cm³/mol. The number of anilines is 1. The van der Waals surface area contributed by atoms with Crippen molar-refractivity contribution in [1.29, 1.82) is 0 Å². The van der Waals surface area contributed by atoms with Crippen LogP contribution in [-0.4, -0.2) is 42.2 Å². The van der Waals surface area contributed by atoms with Crippen LogP contribution in [-0.2, 0) is 4.74 Å². The summed E-state index contributed by atoms with van der Waals surface area (Å²) in [6, 6.07) is 2.15. The van der Waals surface area contributed by atoms with Crippen molar-refractivity contribution in [2.24, 2.45) is 11.7 Å². The fourth-order valence-corrected chi connectivity index (χ4v) is 2.59. The van der Waals surface area contributed by atoms with Crippen LogP contribution in [0.1, 0.15) is 36.1 Å². The third-order valence-electron chi connectivity index (χ3n) is 3.85. The van der Waals surface area contributed by atoms with Gasteiger partial charge in [-0.1, -0.05) is 13.3 Å². The normalized spacial score (nSPS) is 22.7. The third kappa shape index (κ3) is 3.07. The van der Waals surface area contributed by atoms with Crippen LogP contribution in [0, 0.1) is 12.8 Å². The van der Waals surface area contributed by atoms with Gasteiger partial charge in [0.1, 0.15) is 5.82 Å². The van der Waals surface area contributed by atoms with Crippen LogP contribution in [0.3, 0.4) is 0 Å². The Morgan fingerprint density at radius 1 is 1.55 bits per heavy atom. The molecule has 1 fully saturated rings. The Morgan fingerprint density at radius 3 is 2.95 bits per heavy atom. The van der Waals surface area contributed by atoms with Gasteiger partial charge in [-0.2, -0.15) is 0 Å². The van der Waals surface area contributed by atoms with Crippen molar-refractivity contribution < 1.29 is 9.53 Å². The van der Waals surface area contributed by atoms with Gasteiger partial charge in [0.2, 0.25) is 5.82 Å². The highest BCUT2D eigenvalue weighted by Gasteiger charge is 2.26. The number of esters is 1.